The van der Waals surface area contributed by atoms with Crippen LogP contribution < -0.4 is 0 Å². The van der Waals surface area contributed by atoms with Gasteiger partial charge in [-0.1, -0.05) is 30.3 Å². The van der Waals surface area contributed by atoms with Gasteiger partial charge < -0.3 is 14.9 Å². The first kappa shape index (κ1) is 12.7. The van der Waals surface area contributed by atoms with Gasteiger partial charge in [-0.15, -0.1) is 0 Å². The van der Waals surface area contributed by atoms with Crippen molar-refractivity contribution in [2.45, 2.75) is 32.2 Å². The molecular weight excluding hydrogens is 208 g/mol. The zero-order valence-corrected chi connectivity index (χ0v) is 9.33. The molecule has 0 fully saturated rings. The second-order valence-electron chi connectivity index (χ2n) is 3.79. The van der Waals surface area contributed by atoms with Gasteiger partial charge in [0.15, 0.2) is 6.10 Å². The first-order valence-corrected chi connectivity index (χ1v) is 5.14. The molecule has 0 aliphatic heterocycles. The van der Waals surface area contributed by atoms with Gasteiger partial charge in [-0.3, -0.25) is 0 Å². The standard InChI is InChI=1S/C12H16O4/c1-8(2)16-12(15)11(14)10(13)9-6-4-3-5-7-9/h3-8,10-11,13-14H,1-2H3/t10-,11-/m1/s1. The Hall–Kier alpha value is -1.39. The van der Waals surface area contributed by atoms with E-state index in [9.17, 15) is 15.0 Å². The molecule has 1 aromatic carbocycles. The lowest BCUT2D eigenvalue weighted by Crippen LogP contribution is -2.31. The normalized spacial score (nSPS) is 14.6. The monoisotopic (exact) mass is 224 g/mol. The Balaban J connectivity index is 2.67. The third kappa shape index (κ3) is 3.32. The molecule has 4 nitrogen and oxygen atoms in total. The number of hydrogen-bond acceptors (Lipinski definition) is 4. The molecular formula is C12H16O4. The van der Waals surface area contributed by atoms with Crippen molar-refractivity contribution in [1.82, 2.24) is 0 Å². The summed E-state index contributed by atoms with van der Waals surface area (Å²) >= 11 is 0. The van der Waals surface area contributed by atoms with Gasteiger partial charge in [0.2, 0.25) is 0 Å². The molecule has 0 aliphatic carbocycles. The number of esters is 1. The quantitative estimate of drug-likeness (QED) is 0.750. The Kier molecular flexibility index (Phi) is 4.46. The number of aliphatic hydroxyl groups is 2. The predicted octanol–water partition coefficient (Wildman–Crippen LogP) is 1.03. The van der Waals surface area contributed by atoms with E-state index in [1.165, 1.54) is 0 Å². The number of hydrogen-bond donors (Lipinski definition) is 2. The van der Waals surface area contributed by atoms with Crippen LogP contribution >= 0.6 is 0 Å². The van der Waals surface area contributed by atoms with Gasteiger partial charge in [-0.25, -0.2) is 4.79 Å². The Morgan fingerprint density at radius 2 is 1.75 bits per heavy atom. The molecule has 1 rings (SSSR count). The molecule has 88 valence electrons. The molecule has 4 heteroatoms. The minimum absolute atomic E-state index is 0.315. The lowest BCUT2D eigenvalue weighted by atomic mass is 10.0. The minimum Gasteiger partial charge on any atom is -0.461 e. The molecule has 0 bridgehead atoms. The number of carbonyl (C=O) groups excluding carboxylic acids is 1. The van der Waals surface area contributed by atoms with Crippen molar-refractivity contribution in [2.75, 3.05) is 0 Å². The van der Waals surface area contributed by atoms with Crippen LogP contribution in [0.1, 0.15) is 25.5 Å². The van der Waals surface area contributed by atoms with Crippen LogP contribution in [-0.2, 0) is 9.53 Å². The zero-order chi connectivity index (χ0) is 12.1. The van der Waals surface area contributed by atoms with Gasteiger partial charge in [-0.2, -0.15) is 0 Å². The van der Waals surface area contributed by atoms with Crippen LogP contribution in [-0.4, -0.2) is 28.4 Å². The third-order valence-corrected chi connectivity index (χ3v) is 2.03. The van der Waals surface area contributed by atoms with Crippen LogP contribution in [0.3, 0.4) is 0 Å². The average molecular weight is 224 g/mol. The van der Waals surface area contributed by atoms with Crippen molar-refractivity contribution in [3.05, 3.63) is 35.9 Å². The topological polar surface area (TPSA) is 66.8 Å². The molecule has 0 aromatic heterocycles. The van der Waals surface area contributed by atoms with Crippen molar-refractivity contribution in [2.24, 2.45) is 0 Å². The Bertz CT molecular complexity index is 334. The number of ether oxygens (including phenoxy) is 1. The molecule has 0 radical (unpaired) electrons. The van der Waals surface area contributed by atoms with E-state index in [0.29, 0.717) is 5.56 Å². The highest BCUT2D eigenvalue weighted by Crippen LogP contribution is 2.17. The van der Waals surface area contributed by atoms with Gasteiger partial charge in [0.25, 0.3) is 0 Å². The van der Waals surface area contributed by atoms with Crippen LogP contribution in [0.4, 0.5) is 0 Å². The van der Waals surface area contributed by atoms with Gasteiger partial charge in [0.1, 0.15) is 6.10 Å². The van der Waals surface area contributed by atoms with Crippen molar-refractivity contribution >= 4 is 5.97 Å². The first-order chi connectivity index (χ1) is 7.52. The summed E-state index contributed by atoms with van der Waals surface area (Å²) in [6.45, 7) is 3.36. The molecule has 0 saturated carbocycles. The summed E-state index contributed by atoms with van der Waals surface area (Å²) in [5.74, 6) is -0.814. The summed E-state index contributed by atoms with van der Waals surface area (Å²) in [7, 11) is 0. The first-order valence-electron chi connectivity index (χ1n) is 5.14. The molecule has 0 aliphatic rings. The van der Waals surface area contributed by atoms with Gasteiger partial charge in [-0.05, 0) is 19.4 Å². The van der Waals surface area contributed by atoms with Crippen LogP contribution in [0.15, 0.2) is 30.3 Å². The third-order valence-electron chi connectivity index (χ3n) is 2.03. The molecule has 0 spiro atoms. The highest BCUT2D eigenvalue weighted by Gasteiger charge is 2.27. The largest absolute Gasteiger partial charge is 0.461 e. The number of benzene rings is 1. The maximum absolute atomic E-state index is 11.3. The van der Waals surface area contributed by atoms with Crippen molar-refractivity contribution in [1.29, 1.82) is 0 Å². The zero-order valence-electron chi connectivity index (χ0n) is 9.33. The van der Waals surface area contributed by atoms with Crippen molar-refractivity contribution < 1.29 is 19.7 Å². The van der Waals surface area contributed by atoms with E-state index < -0.39 is 18.2 Å². The molecule has 2 N–H and O–H groups in total. The van der Waals surface area contributed by atoms with Crippen LogP contribution in [0.5, 0.6) is 0 Å². The lowest BCUT2D eigenvalue weighted by Gasteiger charge is -2.18. The maximum atomic E-state index is 11.3. The van der Waals surface area contributed by atoms with E-state index in [2.05, 4.69) is 0 Å². The van der Waals surface area contributed by atoms with E-state index in [0.717, 1.165) is 0 Å². The fourth-order valence-corrected chi connectivity index (χ4v) is 1.26. The number of aliphatic hydroxyl groups excluding tert-OH is 2. The molecule has 1 aromatic rings. The highest BCUT2D eigenvalue weighted by atomic mass is 16.6. The van der Waals surface area contributed by atoms with Gasteiger partial charge in [0, 0.05) is 0 Å². The van der Waals surface area contributed by atoms with E-state index in [-0.39, 0.29) is 6.10 Å². The molecule has 16 heavy (non-hydrogen) atoms. The van der Waals surface area contributed by atoms with Crippen LogP contribution in [0, 0.1) is 0 Å². The van der Waals surface area contributed by atoms with E-state index in [1.54, 1.807) is 44.2 Å². The smallest absolute Gasteiger partial charge is 0.338 e. The molecule has 0 saturated heterocycles. The summed E-state index contributed by atoms with van der Waals surface area (Å²) in [5.41, 5.74) is 0.482. The van der Waals surface area contributed by atoms with Crippen LogP contribution in [0.2, 0.25) is 0 Å². The highest BCUT2D eigenvalue weighted by molar-refractivity contribution is 5.75. The molecule has 0 heterocycles. The van der Waals surface area contributed by atoms with Crippen molar-refractivity contribution in [3.63, 3.8) is 0 Å². The fourth-order valence-electron chi connectivity index (χ4n) is 1.26. The van der Waals surface area contributed by atoms with Crippen molar-refractivity contribution in [3.8, 4) is 0 Å². The summed E-state index contributed by atoms with van der Waals surface area (Å²) in [6, 6.07) is 8.50. The second-order valence-corrected chi connectivity index (χ2v) is 3.79. The fraction of sp³-hybridized carbons (Fsp3) is 0.417. The van der Waals surface area contributed by atoms with E-state index >= 15 is 0 Å². The Labute approximate surface area is 94.5 Å². The summed E-state index contributed by atoms with van der Waals surface area (Å²) in [4.78, 5) is 11.3. The molecule has 2 atom stereocenters. The lowest BCUT2D eigenvalue weighted by molar-refractivity contribution is -0.163. The summed E-state index contributed by atoms with van der Waals surface area (Å²) < 4.78 is 4.81. The number of rotatable bonds is 4. The maximum Gasteiger partial charge on any atom is 0.338 e. The number of carbonyl (C=O) groups is 1. The SMILES string of the molecule is CC(C)OC(=O)[C@H](O)[C@H](O)c1ccccc1. The average Bonchev–Trinajstić information content (AvgIpc) is 2.27. The summed E-state index contributed by atoms with van der Waals surface area (Å²) in [5, 5.41) is 19.3. The Morgan fingerprint density at radius 3 is 2.25 bits per heavy atom. The van der Waals surface area contributed by atoms with E-state index in [1.807, 2.05) is 0 Å². The minimum atomic E-state index is -1.55. The second kappa shape index (κ2) is 5.63. The van der Waals surface area contributed by atoms with Crippen LogP contribution in [0.25, 0.3) is 0 Å². The molecule has 0 unspecified atom stereocenters. The van der Waals surface area contributed by atoms with E-state index in [4.69, 9.17) is 4.74 Å². The summed E-state index contributed by atoms with van der Waals surface area (Å²) in [6.07, 6.45) is -3.12. The Morgan fingerprint density at radius 1 is 1.19 bits per heavy atom. The van der Waals surface area contributed by atoms with Gasteiger partial charge >= 0.3 is 5.97 Å². The predicted molar refractivity (Wildman–Crippen MR) is 58.6 cm³/mol. The molecule has 0 amide bonds. The van der Waals surface area contributed by atoms with Gasteiger partial charge in [0.05, 0.1) is 6.10 Å².